The van der Waals surface area contributed by atoms with Crippen LogP contribution in [0, 0.1) is 29.0 Å². The number of amides is 4. The highest BCUT2D eigenvalue weighted by atomic mass is 35.5. The van der Waals surface area contributed by atoms with E-state index in [2.05, 4.69) is 30.2 Å². The summed E-state index contributed by atoms with van der Waals surface area (Å²) in [6.45, 7) is 5.92. The van der Waals surface area contributed by atoms with Gasteiger partial charge in [-0.05, 0) is 93.3 Å². The molecule has 4 amide bonds. The van der Waals surface area contributed by atoms with E-state index in [0.717, 1.165) is 70.2 Å². The Balaban J connectivity index is 0.939. The Kier molecular flexibility index (Phi) is 12.5. The molecule has 2 aromatic carbocycles. The third kappa shape index (κ3) is 9.62. The monoisotopic (exact) mass is 799 g/mol. The second-order valence-electron chi connectivity index (χ2n) is 15.4. The maximum absolute atomic E-state index is 16.0. The molecule has 3 aliphatic heterocycles. The first-order valence-electron chi connectivity index (χ1n) is 19.7. The van der Waals surface area contributed by atoms with E-state index in [1.807, 2.05) is 6.07 Å². The number of imide groups is 1. The van der Waals surface area contributed by atoms with Gasteiger partial charge in [0.15, 0.2) is 11.5 Å². The summed E-state index contributed by atoms with van der Waals surface area (Å²) in [7, 11) is 0. The summed E-state index contributed by atoms with van der Waals surface area (Å²) >= 11 is 6.20. The molecular weight excluding hydrogens is 753 g/mol. The summed E-state index contributed by atoms with van der Waals surface area (Å²) < 4.78 is 22.1. The largest absolute Gasteiger partial charge is 0.490 e. The third-order valence-electron chi connectivity index (χ3n) is 11.8. The SMILES string of the molecule is N#Cc1ccc(OC2CCC(N(CC3CCC(=O)NC3=O)C(=O)c3ccc(N4CCN(CC5CCN(c6ccc(C(N)=O)nn6)CC5)CC4)cc3F)CC2)cc1Cl. The standard InChI is InChI=1S/C41H47ClFN9O5/c42-34-22-32(6-1-27(34)23-44)57-31-7-3-29(4-8-31)52(25-28-2-12-38(53)46-40(28)55)41(56)33-9-5-30(21-35(33)43)50-19-17-49(18-20-50)24-26-13-15-51(16-14-26)37-11-10-36(39(45)54)47-48-37/h1,5-6,9-11,21-22,26,28-29,31H,2-4,7-8,12-20,24-25H2,(H2,45,54)(H,46,53,55). The van der Waals surface area contributed by atoms with Crippen LogP contribution in [0.25, 0.3) is 0 Å². The molecule has 7 rings (SSSR count). The van der Waals surface area contributed by atoms with Crippen LogP contribution in [0.4, 0.5) is 15.9 Å². The summed E-state index contributed by atoms with van der Waals surface area (Å²) in [5.41, 5.74) is 6.48. The number of nitrogens with zero attached hydrogens (tertiary/aromatic N) is 7. The number of nitrogens with two attached hydrogens (primary N) is 1. The van der Waals surface area contributed by atoms with Crippen molar-refractivity contribution in [2.45, 2.75) is 63.5 Å². The summed E-state index contributed by atoms with van der Waals surface area (Å²) in [6, 6.07) is 14.9. The van der Waals surface area contributed by atoms with Crippen LogP contribution < -0.4 is 25.6 Å². The minimum atomic E-state index is -0.608. The fourth-order valence-corrected chi connectivity index (χ4v) is 8.64. The van der Waals surface area contributed by atoms with E-state index in [9.17, 15) is 24.4 Å². The van der Waals surface area contributed by atoms with E-state index in [0.29, 0.717) is 54.4 Å². The number of hydrogen-bond donors (Lipinski definition) is 2. The van der Waals surface area contributed by atoms with Crippen molar-refractivity contribution < 1.29 is 28.3 Å². The van der Waals surface area contributed by atoms with E-state index in [-0.39, 0.29) is 42.3 Å². The van der Waals surface area contributed by atoms with Crippen LogP contribution in [0.5, 0.6) is 5.75 Å². The molecule has 3 N–H and O–H groups in total. The van der Waals surface area contributed by atoms with E-state index in [1.165, 1.54) is 6.07 Å². The van der Waals surface area contributed by atoms with Gasteiger partial charge in [0.2, 0.25) is 11.8 Å². The molecule has 0 spiro atoms. The highest BCUT2D eigenvalue weighted by molar-refractivity contribution is 6.31. The molecule has 1 aliphatic carbocycles. The molecule has 3 aromatic rings. The zero-order valence-electron chi connectivity index (χ0n) is 31.7. The number of benzene rings is 2. The first kappa shape index (κ1) is 39.9. The lowest BCUT2D eigenvalue weighted by Gasteiger charge is -2.40. The van der Waals surface area contributed by atoms with Crippen molar-refractivity contribution in [1.29, 1.82) is 5.26 Å². The normalized spacial score (nSPS) is 22.1. The van der Waals surface area contributed by atoms with Crippen molar-refractivity contribution in [1.82, 2.24) is 25.3 Å². The van der Waals surface area contributed by atoms with Gasteiger partial charge in [-0.3, -0.25) is 29.4 Å². The van der Waals surface area contributed by atoms with Crippen LogP contribution in [0.3, 0.4) is 0 Å². The molecule has 0 bridgehead atoms. The molecule has 1 aromatic heterocycles. The first-order valence-corrected chi connectivity index (χ1v) is 20.1. The lowest BCUT2D eigenvalue weighted by molar-refractivity contribution is -0.136. The van der Waals surface area contributed by atoms with Crippen molar-refractivity contribution in [3.63, 3.8) is 0 Å². The number of nitrogens with one attached hydrogen (secondary N) is 1. The number of hydrogen-bond acceptors (Lipinski definition) is 11. The molecule has 300 valence electrons. The van der Waals surface area contributed by atoms with Crippen LogP contribution in [0.1, 0.15) is 77.8 Å². The number of halogens is 2. The number of primary amides is 1. The Morgan fingerprint density at radius 1 is 0.930 bits per heavy atom. The number of rotatable bonds is 11. The summed E-state index contributed by atoms with van der Waals surface area (Å²) in [4.78, 5) is 58.6. The van der Waals surface area contributed by atoms with Gasteiger partial charge in [-0.1, -0.05) is 11.6 Å². The Labute approximate surface area is 336 Å². The zero-order chi connectivity index (χ0) is 40.1. The summed E-state index contributed by atoms with van der Waals surface area (Å²) in [5.74, 6) is -1.16. The average Bonchev–Trinajstić information content (AvgIpc) is 3.21. The van der Waals surface area contributed by atoms with Gasteiger partial charge in [0.1, 0.15) is 17.6 Å². The van der Waals surface area contributed by atoms with Crippen molar-refractivity contribution in [2.75, 3.05) is 62.2 Å². The number of piperazine rings is 1. The third-order valence-corrected chi connectivity index (χ3v) is 12.1. The van der Waals surface area contributed by atoms with Crippen LogP contribution >= 0.6 is 11.6 Å². The number of piperidine rings is 2. The van der Waals surface area contributed by atoms with Crippen LogP contribution in [0.2, 0.25) is 5.02 Å². The molecule has 57 heavy (non-hydrogen) atoms. The average molecular weight is 800 g/mol. The molecule has 4 aliphatic rings. The molecule has 3 saturated heterocycles. The topological polar surface area (TPSA) is 178 Å². The number of aromatic nitrogens is 2. The molecule has 4 heterocycles. The van der Waals surface area contributed by atoms with Gasteiger partial charge in [0.05, 0.1) is 28.2 Å². The number of carbonyl (C=O) groups is 4. The van der Waals surface area contributed by atoms with Crippen molar-refractivity contribution in [3.05, 3.63) is 76.2 Å². The van der Waals surface area contributed by atoms with E-state index >= 15 is 4.39 Å². The molecule has 4 fully saturated rings. The second-order valence-corrected chi connectivity index (χ2v) is 15.8. The minimum Gasteiger partial charge on any atom is -0.490 e. The predicted molar refractivity (Wildman–Crippen MR) is 210 cm³/mol. The van der Waals surface area contributed by atoms with Crippen molar-refractivity contribution in [3.8, 4) is 11.8 Å². The van der Waals surface area contributed by atoms with Gasteiger partial charge >= 0.3 is 0 Å². The van der Waals surface area contributed by atoms with Crippen LogP contribution in [0.15, 0.2) is 48.5 Å². The Bertz CT molecular complexity index is 2010. The smallest absolute Gasteiger partial charge is 0.269 e. The van der Waals surface area contributed by atoms with Gasteiger partial charge in [0.25, 0.3) is 11.8 Å². The lowest BCUT2D eigenvalue weighted by Crippen LogP contribution is -2.51. The zero-order valence-corrected chi connectivity index (χ0v) is 32.5. The molecule has 14 nitrogen and oxygen atoms in total. The molecule has 1 unspecified atom stereocenters. The molecule has 16 heteroatoms. The second kappa shape index (κ2) is 17.9. The lowest BCUT2D eigenvalue weighted by atomic mass is 9.89. The maximum Gasteiger partial charge on any atom is 0.269 e. The first-order chi connectivity index (χ1) is 27.5. The van der Waals surface area contributed by atoms with E-state index < -0.39 is 29.5 Å². The van der Waals surface area contributed by atoms with E-state index in [1.54, 1.807) is 47.4 Å². The highest BCUT2D eigenvalue weighted by Crippen LogP contribution is 2.32. The highest BCUT2D eigenvalue weighted by Gasteiger charge is 2.36. The fourth-order valence-electron chi connectivity index (χ4n) is 8.43. The van der Waals surface area contributed by atoms with Gasteiger partial charge in [-0.15, -0.1) is 10.2 Å². The van der Waals surface area contributed by atoms with Gasteiger partial charge < -0.3 is 25.2 Å². The van der Waals surface area contributed by atoms with Gasteiger partial charge in [-0.2, -0.15) is 5.26 Å². The summed E-state index contributed by atoms with van der Waals surface area (Å²) in [5, 5.41) is 20.0. The number of nitriles is 1. The Morgan fingerprint density at radius 2 is 1.68 bits per heavy atom. The summed E-state index contributed by atoms with van der Waals surface area (Å²) in [6.07, 6.45) is 4.81. The number of ether oxygens (including phenoxy) is 1. The van der Waals surface area contributed by atoms with Crippen molar-refractivity contribution in [2.24, 2.45) is 17.6 Å². The van der Waals surface area contributed by atoms with Crippen LogP contribution in [-0.2, 0) is 9.59 Å². The van der Waals surface area contributed by atoms with Crippen LogP contribution in [-0.4, -0.2) is 108 Å². The van der Waals surface area contributed by atoms with E-state index in [4.69, 9.17) is 22.1 Å². The Hall–Kier alpha value is -5.33. The minimum absolute atomic E-state index is 0.0450. The number of anilines is 2. The van der Waals surface area contributed by atoms with Crippen molar-refractivity contribution >= 4 is 46.7 Å². The number of carbonyl (C=O) groups excluding carboxylic acids is 4. The molecule has 1 atom stereocenters. The fraction of sp³-hybridized carbons (Fsp3) is 0.488. The molecule has 0 radical (unpaired) electrons. The Morgan fingerprint density at radius 3 is 2.32 bits per heavy atom. The molecular formula is C41H47ClFN9O5. The molecule has 1 saturated carbocycles. The maximum atomic E-state index is 16.0. The predicted octanol–water partition coefficient (Wildman–Crippen LogP) is 4.16. The quantitative estimate of drug-likeness (QED) is 0.266. The van der Waals surface area contributed by atoms with Gasteiger partial charge in [-0.25, -0.2) is 4.39 Å². The van der Waals surface area contributed by atoms with Gasteiger partial charge in [0, 0.05) is 76.6 Å².